The molecule has 1 aromatic carbocycles. The Morgan fingerprint density at radius 1 is 1.37 bits per heavy atom. The predicted molar refractivity (Wildman–Crippen MR) is 78.5 cm³/mol. The number of hydrogen-bond donors (Lipinski definition) is 2. The van der Waals surface area contributed by atoms with Gasteiger partial charge < -0.3 is 15.5 Å². The summed E-state index contributed by atoms with van der Waals surface area (Å²) in [6.07, 6.45) is 1.45. The molecule has 4 heteroatoms. The third-order valence-corrected chi connectivity index (χ3v) is 3.33. The summed E-state index contributed by atoms with van der Waals surface area (Å²) in [6, 6.07) is 8.33. The highest BCUT2D eigenvalue weighted by molar-refractivity contribution is 5.78. The monoisotopic (exact) mass is 261 g/mol. The summed E-state index contributed by atoms with van der Waals surface area (Å²) < 4.78 is 0. The lowest BCUT2D eigenvalue weighted by Gasteiger charge is -2.29. The first-order valence-electron chi connectivity index (χ1n) is 7.11. The van der Waals surface area contributed by atoms with Crippen molar-refractivity contribution in [1.82, 2.24) is 10.6 Å². The van der Waals surface area contributed by atoms with E-state index in [9.17, 15) is 4.79 Å². The van der Waals surface area contributed by atoms with Crippen LogP contribution in [0.4, 0.5) is 5.69 Å². The predicted octanol–water partition coefficient (Wildman–Crippen LogP) is 1.16. The molecule has 1 saturated heterocycles. The Kier molecular flexibility index (Phi) is 5.21. The fourth-order valence-corrected chi connectivity index (χ4v) is 2.30. The molecule has 0 aliphatic carbocycles. The molecule has 0 aromatic heterocycles. The Labute approximate surface area is 115 Å². The molecule has 104 valence electrons. The molecule has 0 radical (unpaired) electrons. The summed E-state index contributed by atoms with van der Waals surface area (Å²) in [5, 5.41) is 6.27. The van der Waals surface area contributed by atoms with Gasteiger partial charge in [-0.15, -0.1) is 0 Å². The van der Waals surface area contributed by atoms with Gasteiger partial charge in [0.2, 0.25) is 5.91 Å². The van der Waals surface area contributed by atoms with Gasteiger partial charge >= 0.3 is 0 Å². The van der Waals surface area contributed by atoms with Gasteiger partial charge in [-0.1, -0.05) is 19.1 Å². The molecule has 0 unspecified atom stereocenters. The Morgan fingerprint density at radius 3 is 2.89 bits per heavy atom. The molecule has 0 atom stereocenters. The smallest absolute Gasteiger partial charge is 0.224 e. The summed E-state index contributed by atoms with van der Waals surface area (Å²) >= 11 is 0. The van der Waals surface area contributed by atoms with Crippen molar-refractivity contribution in [3.8, 4) is 0 Å². The van der Waals surface area contributed by atoms with Crippen molar-refractivity contribution >= 4 is 11.6 Å². The van der Waals surface area contributed by atoms with Gasteiger partial charge in [-0.05, 0) is 24.1 Å². The van der Waals surface area contributed by atoms with E-state index in [1.54, 1.807) is 0 Å². The average molecular weight is 261 g/mol. The SMILES string of the molecule is CCCNC(=O)Cc1cccc(N2CCNCC2)c1. The number of anilines is 1. The summed E-state index contributed by atoms with van der Waals surface area (Å²) in [7, 11) is 0. The Morgan fingerprint density at radius 2 is 2.16 bits per heavy atom. The quantitative estimate of drug-likeness (QED) is 0.836. The summed E-state index contributed by atoms with van der Waals surface area (Å²) in [5.74, 6) is 0.110. The molecule has 1 heterocycles. The molecule has 2 rings (SSSR count). The van der Waals surface area contributed by atoms with E-state index in [2.05, 4.69) is 34.6 Å². The van der Waals surface area contributed by atoms with Crippen molar-refractivity contribution in [3.63, 3.8) is 0 Å². The highest BCUT2D eigenvalue weighted by atomic mass is 16.1. The number of hydrogen-bond acceptors (Lipinski definition) is 3. The molecule has 1 aromatic rings. The van der Waals surface area contributed by atoms with E-state index in [4.69, 9.17) is 0 Å². The molecular weight excluding hydrogens is 238 g/mol. The maximum atomic E-state index is 11.7. The van der Waals surface area contributed by atoms with Gasteiger partial charge in [-0.25, -0.2) is 0 Å². The molecule has 19 heavy (non-hydrogen) atoms. The first kappa shape index (κ1) is 13.9. The summed E-state index contributed by atoms with van der Waals surface area (Å²) in [4.78, 5) is 14.1. The lowest BCUT2D eigenvalue weighted by Crippen LogP contribution is -2.43. The molecular formula is C15H23N3O. The number of piperazine rings is 1. The van der Waals surface area contributed by atoms with Crippen molar-refractivity contribution in [2.45, 2.75) is 19.8 Å². The molecule has 2 N–H and O–H groups in total. The van der Waals surface area contributed by atoms with E-state index >= 15 is 0 Å². The zero-order chi connectivity index (χ0) is 13.5. The second-order valence-corrected chi connectivity index (χ2v) is 4.93. The molecule has 0 bridgehead atoms. The first-order chi connectivity index (χ1) is 9.29. The first-order valence-corrected chi connectivity index (χ1v) is 7.11. The maximum Gasteiger partial charge on any atom is 0.224 e. The number of carbonyl (C=O) groups is 1. The summed E-state index contributed by atoms with van der Waals surface area (Å²) in [6.45, 7) is 6.95. The van der Waals surface area contributed by atoms with E-state index in [0.717, 1.165) is 44.7 Å². The number of carbonyl (C=O) groups excluding carboxylic acids is 1. The fourth-order valence-electron chi connectivity index (χ4n) is 2.30. The van der Waals surface area contributed by atoms with Gasteiger partial charge in [0.1, 0.15) is 0 Å². The number of amides is 1. The van der Waals surface area contributed by atoms with Crippen molar-refractivity contribution in [1.29, 1.82) is 0 Å². The molecule has 1 aliphatic heterocycles. The van der Waals surface area contributed by atoms with Crippen LogP contribution >= 0.6 is 0 Å². The van der Waals surface area contributed by atoms with E-state index in [1.807, 2.05) is 12.1 Å². The largest absolute Gasteiger partial charge is 0.369 e. The van der Waals surface area contributed by atoms with Crippen LogP contribution in [-0.2, 0) is 11.2 Å². The van der Waals surface area contributed by atoms with Crippen LogP contribution in [0.1, 0.15) is 18.9 Å². The molecule has 0 saturated carbocycles. The Bertz CT molecular complexity index is 414. The van der Waals surface area contributed by atoms with Gasteiger partial charge in [-0.2, -0.15) is 0 Å². The minimum atomic E-state index is 0.110. The number of nitrogens with one attached hydrogen (secondary N) is 2. The molecule has 4 nitrogen and oxygen atoms in total. The molecule has 1 aliphatic rings. The number of nitrogens with zero attached hydrogens (tertiary/aromatic N) is 1. The normalized spacial score (nSPS) is 15.3. The van der Waals surface area contributed by atoms with Crippen molar-refractivity contribution in [2.24, 2.45) is 0 Å². The van der Waals surface area contributed by atoms with Crippen LogP contribution in [-0.4, -0.2) is 38.6 Å². The molecule has 1 fully saturated rings. The van der Waals surface area contributed by atoms with Crippen LogP contribution in [0.2, 0.25) is 0 Å². The van der Waals surface area contributed by atoms with E-state index in [0.29, 0.717) is 6.42 Å². The zero-order valence-electron chi connectivity index (χ0n) is 11.6. The van der Waals surface area contributed by atoms with E-state index in [-0.39, 0.29) is 5.91 Å². The van der Waals surface area contributed by atoms with Crippen molar-refractivity contribution in [2.75, 3.05) is 37.6 Å². The van der Waals surface area contributed by atoms with Crippen molar-refractivity contribution in [3.05, 3.63) is 29.8 Å². The maximum absolute atomic E-state index is 11.7. The molecule has 1 amide bonds. The van der Waals surface area contributed by atoms with Crippen LogP contribution in [0.15, 0.2) is 24.3 Å². The van der Waals surface area contributed by atoms with E-state index in [1.165, 1.54) is 5.69 Å². The molecule has 0 spiro atoms. The van der Waals surface area contributed by atoms with Crippen LogP contribution < -0.4 is 15.5 Å². The topological polar surface area (TPSA) is 44.4 Å². The van der Waals surface area contributed by atoms with E-state index < -0.39 is 0 Å². The Balaban J connectivity index is 1.96. The minimum absolute atomic E-state index is 0.110. The lowest BCUT2D eigenvalue weighted by molar-refractivity contribution is -0.120. The van der Waals surface area contributed by atoms with Gasteiger partial charge in [0.25, 0.3) is 0 Å². The van der Waals surface area contributed by atoms with Gasteiger partial charge in [0.15, 0.2) is 0 Å². The standard InChI is InChI=1S/C15H23N3O/c1-2-6-17-15(19)12-13-4-3-5-14(11-13)18-9-7-16-8-10-18/h3-5,11,16H,2,6-10,12H2,1H3,(H,17,19). The van der Waals surface area contributed by atoms with Gasteiger partial charge in [0, 0.05) is 38.4 Å². The lowest BCUT2D eigenvalue weighted by atomic mass is 10.1. The number of benzene rings is 1. The van der Waals surface area contributed by atoms with Crippen LogP contribution in [0.25, 0.3) is 0 Å². The zero-order valence-corrected chi connectivity index (χ0v) is 11.6. The van der Waals surface area contributed by atoms with Gasteiger partial charge in [-0.3, -0.25) is 4.79 Å². The van der Waals surface area contributed by atoms with Gasteiger partial charge in [0.05, 0.1) is 6.42 Å². The van der Waals surface area contributed by atoms with Crippen LogP contribution in [0.3, 0.4) is 0 Å². The summed E-state index contributed by atoms with van der Waals surface area (Å²) in [5.41, 5.74) is 2.31. The van der Waals surface area contributed by atoms with Crippen LogP contribution in [0.5, 0.6) is 0 Å². The Hall–Kier alpha value is -1.55. The fraction of sp³-hybridized carbons (Fsp3) is 0.533. The third-order valence-electron chi connectivity index (χ3n) is 3.33. The second-order valence-electron chi connectivity index (χ2n) is 4.93. The van der Waals surface area contributed by atoms with Crippen molar-refractivity contribution < 1.29 is 4.79 Å². The highest BCUT2D eigenvalue weighted by Crippen LogP contribution is 2.17. The third kappa shape index (κ3) is 4.24. The van der Waals surface area contributed by atoms with Crippen LogP contribution in [0, 0.1) is 0 Å². The minimum Gasteiger partial charge on any atom is -0.369 e. The number of rotatable bonds is 5. The second kappa shape index (κ2) is 7.14. The average Bonchev–Trinajstić information content (AvgIpc) is 2.46. The highest BCUT2D eigenvalue weighted by Gasteiger charge is 2.11.